The molecule has 1 amide bonds. The van der Waals surface area contributed by atoms with Crippen molar-refractivity contribution in [3.05, 3.63) is 71.4 Å². The van der Waals surface area contributed by atoms with Crippen molar-refractivity contribution in [2.75, 3.05) is 13.1 Å². The molecule has 2 heterocycles. The molecule has 0 aliphatic carbocycles. The number of nitrogens with two attached hydrogens (primary N) is 1. The minimum Gasteiger partial charge on any atom is -0.343 e. The summed E-state index contributed by atoms with van der Waals surface area (Å²) in [5, 5.41) is 3.84. The van der Waals surface area contributed by atoms with E-state index in [1.165, 1.54) is 18.2 Å². The first kappa shape index (κ1) is 23.9. The van der Waals surface area contributed by atoms with Gasteiger partial charge in [-0.05, 0) is 43.0 Å². The van der Waals surface area contributed by atoms with Crippen molar-refractivity contribution in [3.8, 4) is 11.4 Å². The lowest BCUT2D eigenvalue weighted by molar-refractivity contribution is -0.137. The second-order valence-corrected chi connectivity index (χ2v) is 8.45. The molecule has 1 fully saturated rings. The Morgan fingerprint density at radius 1 is 1.15 bits per heavy atom. The van der Waals surface area contributed by atoms with Crippen molar-refractivity contribution in [1.29, 1.82) is 0 Å². The van der Waals surface area contributed by atoms with E-state index >= 15 is 0 Å². The largest absolute Gasteiger partial charge is 0.416 e. The maximum Gasteiger partial charge on any atom is 0.416 e. The van der Waals surface area contributed by atoms with Gasteiger partial charge in [-0.2, -0.15) is 18.2 Å². The molecule has 2 aromatic carbocycles. The van der Waals surface area contributed by atoms with E-state index in [1.54, 1.807) is 23.1 Å². The van der Waals surface area contributed by atoms with Gasteiger partial charge in [0.1, 0.15) is 5.82 Å². The summed E-state index contributed by atoms with van der Waals surface area (Å²) < 4.78 is 58.0. The highest BCUT2D eigenvalue weighted by molar-refractivity contribution is 5.77. The first-order valence-electron chi connectivity index (χ1n) is 11.0. The fourth-order valence-corrected chi connectivity index (χ4v) is 4.10. The average Bonchev–Trinajstić information content (AvgIpc) is 3.31. The van der Waals surface area contributed by atoms with E-state index in [1.807, 2.05) is 0 Å². The molecule has 0 bridgehead atoms. The number of carbonyl (C=O) groups is 1. The summed E-state index contributed by atoms with van der Waals surface area (Å²) in [4.78, 5) is 18.6. The number of hydrogen-bond donors (Lipinski definition) is 1. The van der Waals surface area contributed by atoms with Gasteiger partial charge in [0.15, 0.2) is 0 Å². The SMILES string of the molecule is N[C@@H](CC(=O)N1CCC(c2nc(-c3cccc(C(F)(F)F)c3)no2)CC1)Cc1ccccc1F. The smallest absolute Gasteiger partial charge is 0.343 e. The molecule has 0 radical (unpaired) electrons. The van der Waals surface area contributed by atoms with Crippen LogP contribution in [0.2, 0.25) is 0 Å². The Morgan fingerprint density at radius 2 is 1.88 bits per heavy atom. The Balaban J connectivity index is 1.31. The van der Waals surface area contributed by atoms with Gasteiger partial charge in [-0.3, -0.25) is 4.79 Å². The highest BCUT2D eigenvalue weighted by Crippen LogP contribution is 2.33. The summed E-state index contributed by atoms with van der Waals surface area (Å²) in [6, 6.07) is 10.6. The molecule has 0 unspecified atom stereocenters. The summed E-state index contributed by atoms with van der Waals surface area (Å²) in [6.45, 7) is 0.939. The summed E-state index contributed by atoms with van der Waals surface area (Å²) in [5.41, 5.74) is 6.00. The van der Waals surface area contributed by atoms with Crippen molar-refractivity contribution >= 4 is 5.91 Å². The number of nitrogens with zero attached hydrogens (tertiary/aromatic N) is 3. The molecule has 3 aromatic rings. The molecule has 0 saturated carbocycles. The van der Waals surface area contributed by atoms with Crippen molar-refractivity contribution in [1.82, 2.24) is 15.0 Å². The Bertz CT molecular complexity index is 1140. The Hall–Kier alpha value is -3.27. The van der Waals surface area contributed by atoms with Crippen LogP contribution >= 0.6 is 0 Å². The molecule has 34 heavy (non-hydrogen) atoms. The van der Waals surface area contributed by atoms with Crippen molar-refractivity contribution in [2.45, 2.75) is 43.8 Å². The monoisotopic (exact) mass is 476 g/mol. The van der Waals surface area contributed by atoms with Crippen LogP contribution in [0.4, 0.5) is 17.6 Å². The molecular formula is C24H24F4N4O2. The van der Waals surface area contributed by atoms with E-state index in [-0.39, 0.29) is 41.9 Å². The number of alkyl halides is 3. The van der Waals surface area contributed by atoms with Crippen LogP contribution in [-0.4, -0.2) is 40.1 Å². The van der Waals surface area contributed by atoms with Crippen LogP contribution in [0.15, 0.2) is 53.1 Å². The second kappa shape index (κ2) is 9.92. The lowest BCUT2D eigenvalue weighted by Gasteiger charge is -2.31. The van der Waals surface area contributed by atoms with Gasteiger partial charge in [-0.15, -0.1) is 0 Å². The number of carbonyl (C=O) groups excluding carboxylic acids is 1. The number of piperidine rings is 1. The third-order valence-electron chi connectivity index (χ3n) is 5.96. The molecule has 2 N–H and O–H groups in total. The maximum absolute atomic E-state index is 13.8. The van der Waals surface area contributed by atoms with E-state index in [0.29, 0.717) is 37.4 Å². The highest BCUT2D eigenvalue weighted by Gasteiger charge is 2.31. The second-order valence-electron chi connectivity index (χ2n) is 8.45. The quantitative estimate of drug-likeness (QED) is 0.527. The van der Waals surface area contributed by atoms with Gasteiger partial charge in [0, 0.05) is 37.0 Å². The molecular weight excluding hydrogens is 452 g/mol. The molecule has 1 aromatic heterocycles. The van der Waals surface area contributed by atoms with Crippen LogP contribution in [-0.2, 0) is 17.4 Å². The predicted octanol–water partition coefficient (Wildman–Crippen LogP) is 4.56. The third-order valence-corrected chi connectivity index (χ3v) is 5.96. The number of benzene rings is 2. The van der Waals surface area contributed by atoms with Crippen LogP contribution in [0.3, 0.4) is 0 Å². The Kier molecular flexibility index (Phi) is 6.97. The number of amides is 1. The highest BCUT2D eigenvalue weighted by atomic mass is 19.4. The van der Waals surface area contributed by atoms with Crippen molar-refractivity contribution < 1.29 is 26.9 Å². The van der Waals surface area contributed by atoms with Crippen LogP contribution in [0.5, 0.6) is 0 Å². The van der Waals surface area contributed by atoms with Crippen LogP contribution in [0, 0.1) is 5.82 Å². The third kappa shape index (κ3) is 5.61. The predicted molar refractivity (Wildman–Crippen MR) is 116 cm³/mol. The van der Waals surface area contributed by atoms with Crippen LogP contribution < -0.4 is 5.73 Å². The van der Waals surface area contributed by atoms with Gasteiger partial charge >= 0.3 is 6.18 Å². The first-order chi connectivity index (χ1) is 16.2. The zero-order valence-corrected chi connectivity index (χ0v) is 18.3. The Morgan fingerprint density at radius 3 is 2.59 bits per heavy atom. The topological polar surface area (TPSA) is 85.3 Å². The van der Waals surface area contributed by atoms with Crippen LogP contribution in [0.1, 0.15) is 42.2 Å². The number of aromatic nitrogens is 2. The molecule has 10 heteroatoms. The molecule has 180 valence electrons. The molecule has 0 spiro atoms. The summed E-state index contributed by atoms with van der Waals surface area (Å²) >= 11 is 0. The number of hydrogen-bond acceptors (Lipinski definition) is 5. The molecule has 1 atom stereocenters. The number of halogens is 4. The number of likely N-dealkylation sites (tertiary alicyclic amines) is 1. The lowest BCUT2D eigenvalue weighted by atomic mass is 9.96. The van der Waals surface area contributed by atoms with Gasteiger partial charge < -0.3 is 15.2 Å². The molecule has 4 rings (SSSR count). The number of rotatable bonds is 6. The standard InChI is InChI=1S/C24H24F4N4O2/c25-20-7-2-1-4-16(20)13-19(29)14-21(33)32-10-8-15(9-11-32)23-30-22(31-34-23)17-5-3-6-18(12-17)24(26,27)28/h1-7,12,15,19H,8-11,13-14,29H2/t19-/m1/s1. The Labute approximate surface area is 193 Å². The molecule has 1 aliphatic rings. The van der Waals surface area contributed by atoms with Crippen molar-refractivity contribution in [3.63, 3.8) is 0 Å². The maximum atomic E-state index is 13.8. The van der Waals surface area contributed by atoms with E-state index in [9.17, 15) is 22.4 Å². The summed E-state index contributed by atoms with van der Waals surface area (Å²) in [6.07, 6.45) is -2.91. The van der Waals surface area contributed by atoms with Gasteiger partial charge in [0.25, 0.3) is 0 Å². The zero-order valence-electron chi connectivity index (χ0n) is 18.3. The molecule has 6 nitrogen and oxygen atoms in total. The molecule has 1 aliphatic heterocycles. The minimum absolute atomic E-state index is 0.0943. The fraction of sp³-hybridized carbons (Fsp3) is 0.375. The zero-order chi connectivity index (χ0) is 24.3. The van der Waals surface area contributed by atoms with Crippen LogP contribution in [0.25, 0.3) is 11.4 Å². The fourth-order valence-electron chi connectivity index (χ4n) is 4.10. The molecule has 1 saturated heterocycles. The van der Waals surface area contributed by atoms with E-state index in [0.717, 1.165) is 12.1 Å². The van der Waals surface area contributed by atoms with Gasteiger partial charge in [-0.1, -0.05) is 35.5 Å². The lowest BCUT2D eigenvalue weighted by Crippen LogP contribution is -2.41. The average molecular weight is 476 g/mol. The summed E-state index contributed by atoms with van der Waals surface area (Å²) in [7, 11) is 0. The minimum atomic E-state index is -4.46. The van der Waals surface area contributed by atoms with Crippen molar-refractivity contribution in [2.24, 2.45) is 5.73 Å². The van der Waals surface area contributed by atoms with E-state index < -0.39 is 17.8 Å². The van der Waals surface area contributed by atoms with E-state index in [4.69, 9.17) is 10.3 Å². The van der Waals surface area contributed by atoms with Gasteiger partial charge in [-0.25, -0.2) is 4.39 Å². The first-order valence-corrected chi connectivity index (χ1v) is 11.0. The van der Waals surface area contributed by atoms with Gasteiger partial charge in [0.05, 0.1) is 5.56 Å². The summed E-state index contributed by atoms with van der Waals surface area (Å²) in [5.74, 6) is -0.0922. The normalized spacial score (nSPS) is 16.0. The van der Waals surface area contributed by atoms with Gasteiger partial charge in [0.2, 0.25) is 17.6 Å². The van der Waals surface area contributed by atoms with E-state index in [2.05, 4.69) is 10.1 Å².